The topological polar surface area (TPSA) is 66.6 Å². The van der Waals surface area contributed by atoms with Gasteiger partial charge >= 0.3 is 6.09 Å². The van der Waals surface area contributed by atoms with E-state index >= 15 is 0 Å². The quantitative estimate of drug-likeness (QED) is 0.745. The van der Waals surface area contributed by atoms with Crippen molar-refractivity contribution in [1.82, 2.24) is 14.9 Å². The number of hydrogen-bond acceptors (Lipinski definition) is 2. The standard InChI is InChI=1S/C15H11BrFN3O2/c16-11-6-12(14-3-4-19-20(14)8-11)9-1-2-10(13(17)5-9)7-18-15(21)22/h1-6,8,18H,7H2,(H,21,22). The molecule has 112 valence electrons. The zero-order chi connectivity index (χ0) is 15.7. The van der Waals surface area contributed by atoms with Crippen LogP contribution in [0.15, 0.2) is 47.2 Å². The molecule has 1 amide bonds. The summed E-state index contributed by atoms with van der Waals surface area (Å²) in [5.41, 5.74) is 2.69. The van der Waals surface area contributed by atoms with Crippen LogP contribution in [-0.2, 0) is 6.54 Å². The fourth-order valence-electron chi connectivity index (χ4n) is 2.26. The predicted octanol–water partition coefficient (Wildman–Crippen LogP) is 3.67. The Morgan fingerprint density at radius 1 is 1.36 bits per heavy atom. The maximum absolute atomic E-state index is 14.1. The van der Waals surface area contributed by atoms with Crippen molar-refractivity contribution in [2.45, 2.75) is 6.54 Å². The number of halogens is 2. The van der Waals surface area contributed by atoms with Crippen molar-refractivity contribution >= 4 is 27.5 Å². The number of hydrogen-bond donors (Lipinski definition) is 2. The molecule has 5 nitrogen and oxygen atoms in total. The first-order valence-corrected chi connectivity index (χ1v) is 7.22. The number of nitrogens with one attached hydrogen (secondary N) is 1. The number of benzene rings is 1. The van der Waals surface area contributed by atoms with E-state index in [4.69, 9.17) is 5.11 Å². The molecule has 0 aliphatic rings. The maximum atomic E-state index is 14.1. The molecule has 0 unspecified atom stereocenters. The van der Waals surface area contributed by atoms with E-state index in [1.54, 1.807) is 22.8 Å². The Bertz CT molecular complexity index is 863. The summed E-state index contributed by atoms with van der Waals surface area (Å²) in [6.45, 7) is -0.0674. The highest BCUT2D eigenvalue weighted by atomic mass is 79.9. The van der Waals surface area contributed by atoms with E-state index in [2.05, 4.69) is 26.3 Å². The fourth-order valence-corrected chi connectivity index (χ4v) is 2.68. The summed E-state index contributed by atoms with van der Waals surface area (Å²) >= 11 is 3.41. The monoisotopic (exact) mass is 363 g/mol. The molecule has 0 radical (unpaired) electrons. The second kappa shape index (κ2) is 5.76. The van der Waals surface area contributed by atoms with Gasteiger partial charge in [-0.2, -0.15) is 5.10 Å². The molecule has 0 fully saturated rings. The number of aromatic nitrogens is 2. The Morgan fingerprint density at radius 3 is 2.91 bits per heavy atom. The fraction of sp³-hybridized carbons (Fsp3) is 0.0667. The number of rotatable bonds is 3. The Balaban J connectivity index is 2.02. The van der Waals surface area contributed by atoms with Crippen molar-refractivity contribution in [1.29, 1.82) is 0 Å². The lowest BCUT2D eigenvalue weighted by molar-refractivity contribution is 0.194. The van der Waals surface area contributed by atoms with Gasteiger partial charge in [0.05, 0.1) is 11.7 Å². The first-order chi connectivity index (χ1) is 10.5. The van der Waals surface area contributed by atoms with Crippen LogP contribution in [0, 0.1) is 5.82 Å². The number of carbonyl (C=O) groups is 1. The van der Waals surface area contributed by atoms with Crippen LogP contribution in [0.2, 0.25) is 0 Å². The third-order valence-corrected chi connectivity index (χ3v) is 3.70. The highest BCUT2D eigenvalue weighted by Crippen LogP contribution is 2.29. The largest absolute Gasteiger partial charge is 0.465 e. The minimum absolute atomic E-state index is 0.0674. The second-order valence-corrected chi connectivity index (χ2v) is 5.61. The summed E-state index contributed by atoms with van der Waals surface area (Å²) in [5.74, 6) is -0.455. The van der Waals surface area contributed by atoms with Gasteiger partial charge in [-0.1, -0.05) is 12.1 Å². The smallest absolute Gasteiger partial charge is 0.404 e. The minimum atomic E-state index is -1.18. The first-order valence-electron chi connectivity index (χ1n) is 6.43. The van der Waals surface area contributed by atoms with Crippen LogP contribution in [0.1, 0.15) is 5.56 Å². The summed E-state index contributed by atoms with van der Waals surface area (Å²) in [6, 6.07) is 8.47. The Hall–Kier alpha value is -2.41. The molecule has 2 heterocycles. The van der Waals surface area contributed by atoms with Crippen molar-refractivity contribution in [3.63, 3.8) is 0 Å². The lowest BCUT2D eigenvalue weighted by Crippen LogP contribution is -2.20. The minimum Gasteiger partial charge on any atom is -0.465 e. The molecule has 0 aliphatic carbocycles. The van der Waals surface area contributed by atoms with E-state index in [0.717, 1.165) is 15.6 Å². The first kappa shape index (κ1) is 14.5. The van der Waals surface area contributed by atoms with E-state index in [9.17, 15) is 9.18 Å². The van der Waals surface area contributed by atoms with Crippen LogP contribution < -0.4 is 5.32 Å². The number of carboxylic acid groups (broad SMARTS) is 1. The van der Waals surface area contributed by atoms with E-state index in [1.807, 2.05) is 18.3 Å². The SMILES string of the molecule is O=C(O)NCc1ccc(-c2cc(Br)cn3nccc23)cc1F. The molecule has 0 saturated heterocycles. The van der Waals surface area contributed by atoms with Crippen LogP contribution in [0.5, 0.6) is 0 Å². The molecule has 0 saturated carbocycles. The highest BCUT2D eigenvalue weighted by Gasteiger charge is 2.10. The molecular weight excluding hydrogens is 353 g/mol. The molecule has 2 aromatic heterocycles. The zero-order valence-corrected chi connectivity index (χ0v) is 12.8. The van der Waals surface area contributed by atoms with E-state index in [1.165, 1.54) is 6.07 Å². The average molecular weight is 364 g/mol. The van der Waals surface area contributed by atoms with Crippen LogP contribution in [-0.4, -0.2) is 20.8 Å². The van der Waals surface area contributed by atoms with Gasteiger partial charge in [0.15, 0.2) is 0 Å². The van der Waals surface area contributed by atoms with Gasteiger partial charge in [-0.3, -0.25) is 0 Å². The van der Waals surface area contributed by atoms with Gasteiger partial charge in [-0.15, -0.1) is 0 Å². The van der Waals surface area contributed by atoms with Crippen LogP contribution in [0.25, 0.3) is 16.6 Å². The molecule has 22 heavy (non-hydrogen) atoms. The molecule has 7 heteroatoms. The van der Waals surface area contributed by atoms with Gasteiger partial charge in [-0.05, 0) is 39.7 Å². The summed E-state index contributed by atoms with van der Waals surface area (Å²) in [6.07, 6.45) is 2.31. The van der Waals surface area contributed by atoms with Crippen molar-refractivity contribution in [3.8, 4) is 11.1 Å². The maximum Gasteiger partial charge on any atom is 0.404 e. The lowest BCUT2D eigenvalue weighted by atomic mass is 10.0. The number of pyridine rings is 1. The number of nitrogens with zero attached hydrogens (tertiary/aromatic N) is 2. The average Bonchev–Trinajstić information content (AvgIpc) is 2.93. The van der Waals surface area contributed by atoms with Crippen LogP contribution >= 0.6 is 15.9 Å². The predicted molar refractivity (Wildman–Crippen MR) is 83.2 cm³/mol. The van der Waals surface area contributed by atoms with Crippen molar-refractivity contribution in [2.75, 3.05) is 0 Å². The normalized spacial score (nSPS) is 10.8. The van der Waals surface area contributed by atoms with Crippen molar-refractivity contribution in [2.24, 2.45) is 0 Å². The van der Waals surface area contributed by atoms with Gasteiger partial charge in [0.25, 0.3) is 0 Å². The van der Waals surface area contributed by atoms with E-state index in [-0.39, 0.29) is 6.54 Å². The molecule has 3 rings (SSSR count). The Kier molecular flexibility index (Phi) is 3.81. The molecule has 0 spiro atoms. The zero-order valence-electron chi connectivity index (χ0n) is 11.3. The molecule has 2 N–H and O–H groups in total. The molecule has 0 aliphatic heterocycles. The van der Waals surface area contributed by atoms with Crippen LogP contribution in [0.4, 0.5) is 9.18 Å². The van der Waals surface area contributed by atoms with Gasteiger partial charge in [0.2, 0.25) is 0 Å². The van der Waals surface area contributed by atoms with Gasteiger partial charge in [0.1, 0.15) is 5.82 Å². The molecule has 0 atom stereocenters. The summed E-state index contributed by atoms with van der Waals surface area (Å²) in [4.78, 5) is 10.5. The third-order valence-electron chi connectivity index (χ3n) is 3.27. The lowest BCUT2D eigenvalue weighted by Gasteiger charge is -2.09. The van der Waals surface area contributed by atoms with Gasteiger partial charge < -0.3 is 10.4 Å². The number of fused-ring (bicyclic) bond motifs is 1. The molecule has 0 bridgehead atoms. The second-order valence-electron chi connectivity index (χ2n) is 4.70. The van der Waals surface area contributed by atoms with E-state index < -0.39 is 11.9 Å². The summed E-state index contributed by atoms with van der Waals surface area (Å²) in [5, 5.41) is 14.9. The van der Waals surface area contributed by atoms with Gasteiger partial charge in [-0.25, -0.2) is 13.7 Å². The highest BCUT2D eigenvalue weighted by molar-refractivity contribution is 9.10. The third kappa shape index (κ3) is 2.80. The summed E-state index contributed by atoms with van der Waals surface area (Å²) < 4.78 is 16.7. The molecule has 1 aromatic carbocycles. The van der Waals surface area contributed by atoms with Crippen molar-refractivity contribution in [3.05, 3.63) is 58.6 Å². The van der Waals surface area contributed by atoms with Gasteiger partial charge in [0, 0.05) is 28.3 Å². The number of amides is 1. The molecular formula is C15H11BrFN3O2. The summed E-state index contributed by atoms with van der Waals surface area (Å²) in [7, 11) is 0. The Morgan fingerprint density at radius 2 is 2.18 bits per heavy atom. The van der Waals surface area contributed by atoms with Crippen molar-refractivity contribution < 1.29 is 14.3 Å². The van der Waals surface area contributed by atoms with Crippen LogP contribution in [0.3, 0.4) is 0 Å². The Labute approximate surface area is 133 Å². The molecule has 3 aromatic rings. The van der Waals surface area contributed by atoms with E-state index in [0.29, 0.717) is 11.1 Å².